The van der Waals surface area contributed by atoms with E-state index in [2.05, 4.69) is 50.8 Å². The Kier molecular flexibility index (Phi) is 18.5. The zero-order chi connectivity index (χ0) is 57.7. The molecule has 10 rings (SSSR count). The Morgan fingerprint density at radius 3 is 1.25 bits per heavy atom. The van der Waals surface area contributed by atoms with Crippen molar-refractivity contribution in [1.29, 1.82) is 0 Å². The zero-order valence-corrected chi connectivity index (χ0v) is 46.1. The summed E-state index contributed by atoms with van der Waals surface area (Å²) in [6, 6.07) is 54.7. The molecule has 0 heterocycles. The Balaban J connectivity index is 0.775. The highest BCUT2D eigenvalue weighted by Crippen LogP contribution is 2.46. The number of aliphatic carboxylic acids is 1. The summed E-state index contributed by atoms with van der Waals surface area (Å²) in [6.45, 7) is 0.682. The average molecular weight is 1110 g/mol. The number of unbranched alkanes of at least 4 members (excludes halogenated alkanes) is 2. The molecule has 0 unspecified atom stereocenters. The van der Waals surface area contributed by atoms with E-state index in [9.17, 15) is 33.9 Å². The van der Waals surface area contributed by atoms with Crippen LogP contribution in [0.5, 0.6) is 0 Å². The number of rotatable bonds is 25. The lowest BCUT2D eigenvalue weighted by atomic mass is 9.98. The summed E-state index contributed by atoms with van der Waals surface area (Å²) in [6.07, 6.45) is 0.528. The molecular formula is C68H68N6O9. The molecule has 424 valence electrons. The third-order valence-corrected chi connectivity index (χ3v) is 15.8. The fourth-order valence-corrected chi connectivity index (χ4v) is 11.5. The van der Waals surface area contributed by atoms with Crippen LogP contribution < -0.4 is 32.3 Å². The van der Waals surface area contributed by atoms with Crippen molar-refractivity contribution in [2.24, 2.45) is 5.73 Å². The maximum Gasteiger partial charge on any atom is 0.407 e. The molecule has 0 aromatic heterocycles. The molecule has 0 saturated carbocycles. The molecular weight excluding hydrogens is 1040 g/mol. The minimum absolute atomic E-state index is 0.0217. The number of carboxylic acid groups (broad SMARTS) is 1. The highest BCUT2D eigenvalue weighted by molar-refractivity contribution is 5.95. The second-order valence-electron chi connectivity index (χ2n) is 21.4. The number of fused-ring (bicyclic) bond motifs is 8. The molecule has 0 fully saturated rings. The monoisotopic (exact) mass is 1110 g/mol. The first-order valence-electron chi connectivity index (χ1n) is 28.5. The number of carboxylic acids is 1. The van der Waals surface area contributed by atoms with Gasteiger partial charge < -0.3 is 46.9 Å². The summed E-state index contributed by atoms with van der Waals surface area (Å²) in [4.78, 5) is 81.8. The first-order valence-corrected chi connectivity index (χ1v) is 28.5. The molecule has 5 amide bonds. The van der Waals surface area contributed by atoms with E-state index in [4.69, 9.17) is 15.2 Å². The molecule has 0 radical (unpaired) electrons. The van der Waals surface area contributed by atoms with Gasteiger partial charge in [0.25, 0.3) is 0 Å². The number of nitrogens with one attached hydrogen (secondary N) is 5. The maximum absolute atomic E-state index is 14.7. The Bertz CT molecular complexity index is 3570. The van der Waals surface area contributed by atoms with Gasteiger partial charge in [0.1, 0.15) is 31.3 Å². The molecule has 0 saturated heterocycles. The third kappa shape index (κ3) is 14.1. The van der Waals surface area contributed by atoms with Gasteiger partial charge in [-0.2, -0.15) is 0 Å². The molecule has 2 aliphatic rings. The molecule has 0 spiro atoms. The van der Waals surface area contributed by atoms with Gasteiger partial charge in [-0.25, -0.2) is 14.4 Å². The Morgan fingerprint density at radius 1 is 0.422 bits per heavy atom. The Hall–Kier alpha value is -9.34. The van der Waals surface area contributed by atoms with Gasteiger partial charge in [0.15, 0.2) is 0 Å². The number of carbonyl (C=O) groups excluding carboxylic acids is 5. The minimum atomic E-state index is -1.34. The summed E-state index contributed by atoms with van der Waals surface area (Å²) in [5, 5.41) is 28.3. The topological polar surface area (TPSA) is 227 Å². The number of benzene rings is 8. The van der Waals surface area contributed by atoms with E-state index in [1.54, 1.807) is 0 Å². The lowest BCUT2D eigenvalue weighted by Gasteiger charge is -2.26. The summed E-state index contributed by atoms with van der Waals surface area (Å²) in [5.74, 6) is -3.48. The second kappa shape index (κ2) is 27.0. The van der Waals surface area contributed by atoms with Crippen LogP contribution in [0.25, 0.3) is 43.8 Å². The normalized spacial score (nSPS) is 13.7. The van der Waals surface area contributed by atoms with Crippen molar-refractivity contribution >= 4 is 57.4 Å². The number of carbonyl (C=O) groups is 6. The highest BCUT2D eigenvalue weighted by atomic mass is 16.6. The predicted octanol–water partition coefficient (Wildman–Crippen LogP) is 10.1. The largest absolute Gasteiger partial charge is 0.480 e. The minimum Gasteiger partial charge on any atom is -0.480 e. The SMILES string of the molecule is N[C@H](Cc1ccc2ccccc2c1)C(=O)N[C@@H](Cc1ccc2ccccc2c1)C(=O)N[C@H](CCCCNC(=O)OCC1c2ccccc2-c2ccccc21)C(=O)N[C@@H](CCCCNC(=O)OCC1c2ccccc2-c2ccccc21)C(=O)O. The van der Waals surface area contributed by atoms with E-state index in [0.717, 1.165) is 77.2 Å². The summed E-state index contributed by atoms with van der Waals surface area (Å²) in [7, 11) is 0. The van der Waals surface area contributed by atoms with Crippen LogP contribution in [-0.4, -0.2) is 91.5 Å². The van der Waals surface area contributed by atoms with Gasteiger partial charge in [0, 0.05) is 31.3 Å². The molecule has 4 atom stereocenters. The summed E-state index contributed by atoms with van der Waals surface area (Å²) in [5.41, 5.74) is 17.0. The van der Waals surface area contributed by atoms with Crippen molar-refractivity contribution in [1.82, 2.24) is 26.6 Å². The van der Waals surface area contributed by atoms with Gasteiger partial charge in [-0.1, -0.05) is 182 Å². The molecule has 83 heavy (non-hydrogen) atoms. The Labute approximate surface area is 482 Å². The van der Waals surface area contributed by atoms with Crippen LogP contribution in [0.3, 0.4) is 0 Å². The highest BCUT2D eigenvalue weighted by Gasteiger charge is 2.33. The molecule has 8 aromatic rings. The maximum atomic E-state index is 14.7. The molecule has 15 nitrogen and oxygen atoms in total. The number of hydrogen-bond acceptors (Lipinski definition) is 9. The van der Waals surface area contributed by atoms with Gasteiger partial charge in [0.2, 0.25) is 17.7 Å². The van der Waals surface area contributed by atoms with Gasteiger partial charge in [-0.15, -0.1) is 0 Å². The van der Waals surface area contributed by atoms with Crippen molar-refractivity contribution in [2.45, 2.75) is 87.4 Å². The van der Waals surface area contributed by atoms with Crippen LogP contribution in [0.15, 0.2) is 182 Å². The molecule has 0 aliphatic heterocycles. The Morgan fingerprint density at radius 2 is 0.795 bits per heavy atom. The van der Waals surface area contributed by atoms with Crippen LogP contribution >= 0.6 is 0 Å². The molecule has 2 aliphatic carbocycles. The smallest absolute Gasteiger partial charge is 0.407 e. The van der Waals surface area contributed by atoms with Crippen molar-refractivity contribution < 1.29 is 43.3 Å². The van der Waals surface area contributed by atoms with Gasteiger partial charge in [-0.3, -0.25) is 14.4 Å². The van der Waals surface area contributed by atoms with Crippen molar-refractivity contribution in [3.63, 3.8) is 0 Å². The van der Waals surface area contributed by atoms with Crippen LogP contribution in [0, 0.1) is 0 Å². The van der Waals surface area contributed by atoms with E-state index in [-0.39, 0.29) is 63.8 Å². The first-order chi connectivity index (χ1) is 40.5. The third-order valence-electron chi connectivity index (χ3n) is 15.8. The molecule has 15 heteroatoms. The number of nitrogens with two attached hydrogens (primary N) is 1. The number of ether oxygens (including phenoxy) is 2. The molecule has 8 aromatic carbocycles. The van der Waals surface area contributed by atoms with Crippen LogP contribution in [0.4, 0.5) is 9.59 Å². The van der Waals surface area contributed by atoms with Crippen LogP contribution in [0.1, 0.15) is 83.7 Å². The molecule has 8 N–H and O–H groups in total. The van der Waals surface area contributed by atoms with Crippen LogP contribution in [-0.2, 0) is 41.5 Å². The number of hydrogen-bond donors (Lipinski definition) is 7. The van der Waals surface area contributed by atoms with E-state index in [0.29, 0.717) is 25.7 Å². The van der Waals surface area contributed by atoms with Crippen molar-refractivity contribution in [3.8, 4) is 22.3 Å². The number of alkyl carbamates (subject to hydrolysis) is 2. The van der Waals surface area contributed by atoms with Crippen molar-refractivity contribution in [3.05, 3.63) is 215 Å². The predicted molar refractivity (Wildman–Crippen MR) is 321 cm³/mol. The van der Waals surface area contributed by atoms with Gasteiger partial charge >= 0.3 is 18.2 Å². The first kappa shape index (κ1) is 56.9. The average Bonchev–Trinajstić information content (AvgIpc) is 4.12. The lowest BCUT2D eigenvalue weighted by molar-refractivity contribution is -0.142. The molecule has 0 bridgehead atoms. The van der Waals surface area contributed by atoms with E-state index >= 15 is 0 Å². The number of amides is 5. The fraction of sp³-hybridized carbons (Fsp3) is 0.265. The fourth-order valence-electron chi connectivity index (χ4n) is 11.5. The van der Waals surface area contributed by atoms with E-state index in [1.165, 1.54) is 0 Å². The quantitative estimate of drug-likeness (QED) is 0.0268. The summed E-state index contributed by atoms with van der Waals surface area (Å²) >= 11 is 0. The van der Waals surface area contributed by atoms with Crippen LogP contribution in [0.2, 0.25) is 0 Å². The lowest BCUT2D eigenvalue weighted by Crippen LogP contribution is -2.57. The standard InChI is InChI=1S/C68H68N6O9/c69-59(39-43-31-33-45-17-1-3-19-47(45)37-43)63(75)74-62(40-44-32-34-46-18-2-4-20-48(46)38-44)65(77)72-60(29-13-15-35-70-67(80)82-41-57-53-25-9-5-21-49(53)50-22-6-10-26-54(50)57)64(76)73-61(66(78)79)30-14-16-36-71-68(81)83-42-58-55-27-11-7-23-51(55)52-24-8-12-28-56(52)58/h1-12,17-28,31-34,37-38,57-62H,13-16,29-30,35-36,39-42,69H2,(H,70,80)(H,71,81)(H,72,77)(H,73,76)(H,74,75)(H,78,79)/t59-,60-,61+,62+/m1/s1. The van der Waals surface area contributed by atoms with E-state index < -0.39 is 60.0 Å². The summed E-state index contributed by atoms with van der Waals surface area (Å²) < 4.78 is 11.4. The van der Waals surface area contributed by atoms with E-state index in [1.807, 2.05) is 158 Å². The van der Waals surface area contributed by atoms with Gasteiger partial charge in [0.05, 0.1) is 6.04 Å². The van der Waals surface area contributed by atoms with Crippen molar-refractivity contribution in [2.75, 3.05) is 26.3 Å². The zero-order valence-electron chi connectivity index (χ0n) is 46.1. The second-order valence-corrected chi connectivity index (χ2v) is 21.4. The van der Waals surface area contributed by atoms with Gasteiger partial charge in [-0.05, 0) is 122 Å².